The molecule has 2 aliphatic rings. The van der Waals surface area contributed by atoms with Crippen molar-refractivity contribution in [3.63, 3.8) is 0 Å². The van der Waals surface area contributed by atoms with Crippen molar-refractivity contribution in [2.45, 2.75) is 38.1 Å². The first-order valence-corrected chi connectivity index (χ1v) is 14.1. The van der Waals surface area contributed by atoms with E-state index in [0.717, 1.165) is 28.0 Å². The number of hydrogen-bond donors (Lipinski definition) is 3. The molecule has 3 unspecified atom stereocenters. The minimum absolute atomic E-state index is 0.0201. The van der Waals surface area contributed by atoms with Gasteiger partial charge in [0.05, 0.1) is 36.5 Å². The molecule has 2 aliphatic heterocycles. The number of hydrogen-bond acceptors (Lipinski definition) is 9. The lowest BCUT2D eigenvalue weighted by Gasteiger charge is -2.36. The predicted octanol–water partition coefficient (Wildman–Crippen LogP) is 3.69. The Kier molecular flexibility index (Phi) is 8.93. The molecule has 3 aromatic rings. The summed E-state index contributed by atoms with van der Waals surface area (Å²) in [7, 11) is 0. The number of esters is 2. The lowest BCUT2D eigenvalue weighted by Crippen LogP contribution is -2.31. The second-order valence-corrected chi connectivity index (χ2v) is 10.7. The van der Waals surface area contributed by atoms with Gasteiger partial charge < -0.3 is 29.7 Å². The van der Waals surface area contributed by atoms with Crippen LogP contribution >= 0.6 is 11.8 Å². The summed E-state index contributed by atoms with van der Waals surface area (Å²) in [5, 5.41) is 21.4. The minimum atomic E-state index is -0.754. The largest absolute Gasteiger partial charge is 0.396 e. The number of aliphatic hydroxyl groups excluding tert-OH is 2. The standard InChI is InChI=1S/C30H29NO8S/c32-11-12-40-17-23-14-26(20-5-3-19(16-33)4-6-20)38-30(37-23)21-7-1-18(2-8-21)15-31-27(34)22-9-10-24-25(13-22)29(36)39-28(24)35/h1-10,13,23,26,30,32-33H,11-12,14-17H2,(H,31,34). The number of fused-ring (bicyclic) bond motifs is 1. The number of nitrogens with one attached hydrogen (secondary N) is 1. The van der Waals surface area contributed by atoms with E-state index in [2.05, 4.69) is 10.1 Å². The van der Waals surface area contributed by atoms with E-state index >= 15 is 0 Å². The Morgan fingerprint density at radius 2 is 1.57 bits per heavy atom. The van der Waals surface area contributed by atoms with E-state index < -0.39 is 18.2 Å². The molecule has 1 amide bonds. The second kappa shape index (κ2) is 12.8. The molecular formula is C30H29NO8S. The number of cyclic esters (lactones) is 2. The topological polar surface area (TPSA) is 131 Å². The van der Waals surface area contributed by atoms with Crippen LogP contribution in [0.25, 0.3) is 0 Å². The number of aliphatic hydroxyl groups is 2. The van der Waals surface area contributed by atoms with E-state index in [0.29, 0.717) is 12.2 Å². The number of ether oxygens (including phenoxy) is 3. The number of carbonyl (C=O) groups is 3. The van der Waals surface area contributed by atoms with Crippen molar-refractivity contribution in [3.05, 3.63) is 106 Å². The second-order valence-electron chi connectivity index (χ2n) is 9.51. The van der Waals surface area contributed by atoms with E-state index in [9.17, 15) is 19.5 Å². The maximum Gasteiger partial charge on any atom is 0.346 e. The minimum Gasteiger partial charge on any atom is -0.396 e. The third-order valence-electron chi connectivity index (χ3n) is 6.77. The van der Waals surface area contributed by atoms with Gasteiger partial charge in [0.25, 0.3) is 5.91 Å². The number of rotatable bonds is 10. The molecule has 0 aromatic heterocycles. The van der Waals surface area contributed by atoms with Crippen molar-refractivity contribution in [2.24, 2.45) is 0 Å². The van der Waals surface area contributed by atoms with Gasteiger partial charge in [0.1, 0.15) is 0 Å². The molecule has 2 heterocycles. The summed E-state index contributed by atoms with van der Waals surface area (Å²) >= 11 is 1.63. The molecule has 10 heteroatoms. The molecule has 208 valence electrons. The Labute approximate surface area is 235 Å². The zero-order valence-corrected chi connectivity index (χ0v) is 22.4. The van der Waals surface area contributed by atoms with Gasteiger partial charge in [0.2, 0.25) is 0 Å². The molecule has 1 saturated heterocycles. The molecule has 3 N–H and O–H groups in total. The van der Waals surface area contributed by atoms with Gasteiger partial charge in [-0.2, -0.15) is 11.8 Å². The Hall–Kier alpha value is -3.54. The predicted molar refractivity (Wildman–Crippen MR) is 147 cm³/mol. The molecule has 5 rings (SSSR count). The van der Waals surface area contributed by atoms with Gasteiger partial charge in [-0.1, -0.05) is 48.5 Å². The van der Waals surface area contributed by atoms with Crippen LogP contribution in [0.1, 0.15) is 72.1 Å². The normalized spacial score (nSPS) is 20.2. The van der Waals surface area contributed by atoms with Crippen LogP contribution in [-0.4, -0.2) is 52.3 Å². The van der Waals surface area contributed by atoms with Crippen LogP contribution < -0.4 is 5.32 Å². The molecule has 3 atom stereocenters. The molecule has 0 saturated carbocycles. The Morgan fingerprint density at radius 1 is 0.875 bits per heavy atom. The van der Waals surface area contributed by atoms with Crippen molar-refractivity contribution >= 4 is 29.6 Å². The molecule has 40 heavy (non-hydrogen) atoms. The summed E-state index contributed by atoms with van der Waals surface area (Å²) in [6.45, 7) is 0.347. The van der Waals surface area contributed by atoms with E-state index in [1.165, 1.54) is 18.2 Å². The summed E-state index contributed by atoms with van der Waals surface area (Å²) < 4.78 is 17.2. The monoisotopic (exact) mass is 563 g/mol. The van der Waals surface area contributed by atoms with E-state index in [1.54, 1.807) is 11.8 Å². The van der Waals surface area contributed by atoms with Gasteiger partial charge >= 0.3 is 11.9 Å². The first kappa shape index (κ1) is 28.0. The van der Waals surface area contributed by atoms with Crippen molar-refractivity contribution in [2.75, 3.05) is 18.1 Å². The number of carbonyl (C=O) groups excluding carboxylic acids is 3. The fraction of sp³-hybridized carbons (Fsp3) is 0.300. The van der Waals surface area contributed by atoms with Gasteiger partial charge in [0.15, 0.2) is 6.29 Å². The van der Waals surface area contributed by atoms with Gasteiger partial charge in [-0.3, -0.25) is 4.79 Å². The summed E-state index contributed by atoms with van der Waals surface area (Å²) in [6.07, 6.45) is -0.179. The summed E-state index contributed by atoms with van der Waals surface area (Å²) in [4.78, 5) is 36.1. The smallest absolute Gasteiger partial charge is 0.346 e. The number of thioether (sulfide) groups is 1. The van der Waals surface area contributed by atoms with Crippen LogP contribution in [0.3, 0.4) is 0 Å². The highest BCUT2D eigenvalue weighted by Gasteiger charge is 2.32. The van der Waals surface area contributed by atoms with Crippen LogP contribution in [0.4, 0.5) is 0 Å². The molecule has 1 fully saturated rings. The molecule has 0 bridgehead atoms. The van der Waals surface area contributed by atoms with Crippen molar-refractivity contribution in [3.8, 4) is 0 Å². The van der Waals surface area contributed by atoms with E-state index in [-0.39, 0.29) is 54.6 Å². The zero-order valence-electron chi connectivity index (χ0n) is 21.6. The highest BCUT2D eigenvalue weighted by molar-refractivity contribution is 7.99. The Balaban J connectivity index is 1.23. The van der Waals surface area contributed by atoms with Crippen LogP contribution in [0.2, 0.25) is 0 Å². The van der Waals surface area contributed by atoms with Crippen molar-refractivity contribution in [1.29, 1.82) is 0 Å². The summed E-state index contributed by atoms with van der Waals surface area (Å²) in [6, 6.07) is 19.5. The first-order chi connectivity index (χ1) is 19.4. The van der Waals surface area contributed by atoms with E-state index in [4.69, 9.17) is 14.6 Å². The molecular weight excluding hydrogens is 534 g/mol. The third kappa shape index (κ3) is 6.43. The van der Waals surface area contributed by atoms with Crippen LogP contribution in [0, 0.1) is 0 Å². The third-order valence-corrected chi connectivity index (χ3v) is 7.84. The average Bonchev–Trinajstić information content (AvgIpc) is 3.28. The zero-order chi connectivity index (χ0) is 28.1. The summed E-state index contributed by atoms with van der Waals surface area (Å²) in [5.41, 5.74) is 4.04. The van der Waals surface area contributed by atoms with Crippen molar-refractivity contribution < 1.29 is 38.8 Å². The maximum atomic E-state index is 12.7. The molecule has 9 nitrogen and oxygen atoms in total. The molecule has 0 aliphatic carbocycles. The van der Waals surface area contributed by atoms with Crippen LogP contribution in [-0.2, 0) is 27.4 Å². The fourth-order valence-electron chi connectivity index (χ4n) is 4.61. The van der Waals surface area contributed by atoms with Crippen molar-refractivity contribution in [1.82, 2.24) is 5.32 Å². The number of benzene rings is 3. The highest BCUT2D eigenvalue weighted by Crippen LogP contribution is 2.38. The lowest BCUT2D eigenvalue weighted by molar-refractivity contribution is -0.245. The summed E-state index contributed by atoms with van der Waals surface area (Å²) in [5.74, 6) is -0.481. The maximum absolute atomic E-state index is 12.7. The van der Waals surface area contributed by atoms with Gasteiger partial charge in [-0.25, -0.2) is 9.59 Å². The fourth-order valence-corrected chi connectivity index (χ4v) is 5.38. The first-order valence-electron chi connectivity index (χ1n) is 12.9. The highest BCUT2D eigenvalue weighted by atomic mass is 32.2. The Bertz CT molecular complexity index is 1380. The van der Waals surface area contributed by atoms with Crippen LogP contribution in [0.5, 0.6) is 0 Å². The number of amides is 1. The lowest BCUT2D eigenvalue weighted by atomic mass is 10.0. The van der Waals surface area contributed by atoms with E-state index in [1.807, 2.05) is 48.5 Å². The van der Waals surface area contributed by atoms with Gasteiger partial charge in [-0.15, -0.1) is 0 Å². The molecule has 3 aromatic carbocycles. The van der Waals surface area contributed by atoms with Gasteiger partial charge in [-0.05, 0) is 34.9 Å². The average molecular weight is 564 g/mol. The Morgan fingerprint density at radius 3 is 2.30 bits per heavy atom. The SMILES string of the molecule is O=C(NCc1ccc(C2OC(CSCCO)CC(c3ccc(CO)cc3)O2)cc1)c1ccc2c(c1)C(=O)OC2=O. The molecule has 0 radical (unpaired) electrons. The quantitative estimate of drug-likeness (QED) is 0.192. The van der Waals surface area contributed by atoms with Gasteiger partial charge in [0, 0.05) is 35.6 Å². The molecule has 0 spiro atoms. The van der Waals surface area contributed by atoms with Crippen LogP contribution in [0.15, 0.2) is 66.7 Å².